The molecule has 1 unspecified atom stereocenters. The molecule has 1 aliphatic rings. The Hall–Kier alpha value is -2.75. The molecule has 7 nitrogen and oxygen atoms in total. The first-order chi connectivity index (χ1) is 15.6. The number of hydrogen-bond donors (Lipinski definition) is 2. The highest BCUT2D eigenvalue weighted by atomic mass is 32.2. The summed E-state index contributed by atoms with van der Waals surface area (Å²) in [7, 11) is -3.86. The summed E-state index contributed by atoms with van der Waals surface area (Å²) in [6.07, 6.45) is -0.0723. The van der Waals surface area contributed by atoms with E-state index in [1.807, 2.05) is 5.38 Å². The molecule has 3 aromatic rings. The molecule has 4 rings (SSSR count). The minimum atomic E-state index is -3.86. The number of amides is 1. The predicted molar refractivity (Wildman–Crippen MR) is 128 cm³/mol. The monoisotopic (exact) mass is 486 g/mol. The van der Waals surface area contributed by atoms with Gasteiger partial charge in [-0.2, -0.15) is 0 Å². The number of rotatable bonds is 5. The summed E-state index contributed by atoms with van der Waals surface area (Å²) in [5.41, 5.74) is 4.89. The lowest BCUT2D eigenvalue weighted by Crippen LogP contribution is -2.42. The molecule has 2 atom stereocenters. The van der Waals surface area contributed by atoms with Crippen LogP contribution in [-0.2, 0) is 16.4 Å². The number of nitrogens with zero attached hydrogens (tertiary/aromatic N) is 1. The van der Waals surface area contributed by atoms with Crippen molar-refractivity contribution < 1.29 is 23.1 Å². The van der Waals surface area contributed by atoms with Gasteiger partial charge in [-0.1, -0.05) is 30.3 Å². The maximum atomic E-state index is 12.9. The Morgan fingerprint density at radius 3 is 2.70 bits per heavy atom. The fourth-order valence-electron chi connectivity index (χ4n) is 3.65. The number of carbonyl (C=O) groups is 1. The molecule has 0 fully saturated rings. The lowest BCUT2D eigenvalue weighted by atomic mass is 9.88. The van der Waals surface area contributed by atoms with E-state index in [0.29, 0.717) is 35.5 Å². The zero-order chi connectivity index (χ0) is 23.8. The van der Waals surface area contributed by atoms with Crippen LogP contribution >= 0.6 is 11.3 Å². The van der Waals surface area contributed by atoms with Crippen molar-refractivity contribution in [2.45, 2.75) is 38.0 Å². The van der Waals surface area contributed by atoms with Gasteiger partial charge >= 0.3 is 0 Å². The van der Waals surface area contributed by atoms with Crippen molar-refractivity contribution in [3.8, 4) is 16.9 Å². The minimum Gasteiger partial charge on any atom is -0.493 e. The van der Waals surface area contributed by atoms with E-state index in [4.69, 9.17) is 4.74 Å². The normalized spacial score (nSPS) is 18.3. The summed E-state index contributed by atoms with van der Waals surface area (Å²) in [6, 6.07) is 12.2. The number of benzene rings is 2. The molecule has 1 amide bonds. The SMILES string of the molecule is CC(C)(C)S(=O)(=O)NC(=O)c1ccccc1-c1ccc2c(c1)OC[C@@H](Cc1cscn1)C2O. The smallest absolute Gasteiger partial charge is 0.265 e. The molecule has 0 spiro atoms. The number of nitrogens with one attached hydrogen (secondary N) is 1. The first-order valence-electron chi connectivity index (χ1n) is 10.5. The number of sulfonamides is 1. The third-order valence-corrected chi connectivity index (χ3v) is 8.40. The van der Waals surface area contributed by atoms with Crippen LogP contribution in [0.4, 0.5) is 0 Å². The highest BCUT2D eigenvalue weighted by Crippen LogP contribution is 2.39. The van der Waals surface area contributed by atoms with Gasteiger partial charge in [0.1, 0.15) is 5.75 Å². The highest BCUT2D eigenvalue weighted by molar-refractivity contribution is 7.91. The Balaban J connectivity index is 1.61. The topological polar surface area (TPSA) is 106 Å². The Bertz CT molecular complexity index is 1260. The summed E-state index contributed by atoms with van der Waals surface area (Å²) in [4.78, 5) is 17.2. The van der Waals surface area contributed by atoms with Crippen LogP contribution in [0, 0.1) is 5.92 Å². The van der Waals surface area contributed by atoms with Crippen LogP contribution in [0.1, 0.15) is 48.5 Å². The fraction of sp³-hybridized carbons (Fsp3) is 0.333. The van der Waals surface area contributed by atoms with Crippen molar-refractivity contribution >= 4 is 27.3 Å². The van der Waals surface area contributed by atoms with Crippen molar-refractivity contribution in [1.29, 1.82) is 0 Å². The van der Waals surface area contributed by atoms with Gasteiger partial charge in [-0.25, -0.2) is 18.1 Å². The van der Waals surface area contributed by atoms with Crippen molar-refractivity contribution in [1.82, 2.24) is 9.71 Å². The molecule has 1 aliphatic heterocycles. The Morgan fingerprint density at radius 2 is 2.00 bits per heavy atom. The molecule has 2 N–H and O–H groups in total. The van der Waals surface area contributed by atoms with E-state index in [9.17, 15) is 18.3 Å². The molecule has 33 heavy (non-hydrogen) atoms. The molecule has 0 radical (unpaired) electrons. The lowest BCUT2D eigenvalue weighted by molar-refractivity contribution is 0.0504. The van der Waals surface area contributed by atoms with Gasteiger partial charge in [-0.15, -0.1) is 11.3 Å². The zero-order valence-corrected chi connectivity index (χ0v) is 20.2. The van der Waals surface area contributed by atoms with Crippen molar-refractivity contribution in [2.75, 3.05) is 6.61 Å². The molecule has 0 saturated heterocycles. The van der Waals surface area contributed by atoms with Gasteiger partial charge in [0.05, 0.1) is 28.7 Å². The number of hydrogen-bond acceptors (Lipinski definition) is 7. The van der Waals surface area contributed by atoms with E-state index in [0.717, 1.165) is 5.69 Å². The standard InChI is InChI=1S/C24H26N2O5S2/c1-24(2,3)33(29,30)26-23(28)19-7-5-4-6-18(19)15-8-9-20-21(11-15)31-12-16(22(20)27)10-17-13-32-14-25-17/h4-9,11,13-14,16,22,27H,10,12H2,1-3H3,(H,26,28)/t16-,22?/m1/s1. The number of aromatic nitrogens is 1. The number of aliphatic hydroxyl groups excluding tert-OH is 1. The maximum Gasteiger partial charge on any atom is 0.265 e. The van der Waals surface area contributed by atoms with Crippen LogP contribution in [0.15, 0.2) is 53.4 Å². The molecule has 9 heteroatoms. The third-order valence-electron chi connectivity index (χ3n) is 5.70. The summed E-state index contributed by atoms with van der Waals surface area (Å²) in [5.74, 6) is -0.249. The van der Waals surface area contributed by atoms with E-state index in [1.54, 1.807) is 48.0 Å². The van der Waals surface area contributed by atoms with Gasteiger partial charge in [0.25, 0.3) is 5.91 Å². The zero-order valence-electron chi connectivity index (χ0n) is 18.6. The van der Waals surface area contributed by atoms with Crippen LogP contribution in [0.5, 0.6) is 5.75 Å². The first kappa shape index (κ1) is 23.4. The van der Waals surface area contributed by atoms with Crippen molar-refractivity contribution in [3.05, 3.63) is 70.2 Å². The van der Waals surface area contributed by atoms with Crippen LogP contribution in [0.2, 0.25) is 0 Å². The number of aliphatic hydroxyl groups is 1. The number of carbonyl (C=O) groups excluding carboxylic acids is 1. The second-order valence-corrected chi connectivity index (χ2v) is 12.2. The molecule has 0 saturated carbocycles. The Morgan fingerprint density at radius 1 is 1.24 bits per heavy atom. The fourth-order valence-corrected chi connectivity index (χ4v) is 4.89. The largest absolute Gasteiger partial charge is 0.493 e. The number of fused-ring (bicyclic) bond motifs is 1. The molecular weight excluding hydrogens is 460 g/mol. The van der Waals surface area contributed by atoms with Crippen molar-refractivity contribution in [2.24, 2.45) is 5.92 Å². The third kappa shape index (κ3) is 4.80. The van der Waals surface area contributed by atoms with Crippen LogP contribution in [-0.4, -0.2) is 35.8 Å². The summed E-state index contributed by atoms with van der Waals surface area (Å²) < 4.78 is 32.0. The van der Waals surface area contributed by atoms with E-state index in [-0.39, 0.29) is 11.5 Å². The van der Waals surface area contributed by atoms with Crippen molar-refractivity contribution in [3.63, 3.8) is 0 Å². The minimum absolute atomic E-state index is 0.105. The second-order valence-electron chi connectivity index (χ2n) is 9.05. The van der Waals surface area contributed by atoms with Gasteiger partial charge < -0.3 is 9.84 Å². The average Bonchev–Trinajstić information content (AvgIpc) is 3.27. The molecular formula is C24H26N2O5S2. The molecule has 0 bridgehead atoms. The van der Waals surface area contributed by atoms with Gasteiger partial charge in [-0.3, -0.25) is 4.79 Å². The molecule has 2 aromatic carbocycles. The first-order valence-corrected chi connectivity index (χ1v) is 13.0. The highest BCUT2D eigenvalue weighted by Gasteiger charge is 2.32. The second kappa shape index (κ2) is 8.89. The van der Waals surface area contributed by atoms with Gasteiger partial charge in [-0.05, 0) is 50.5 Å². The molecule has 0 aliphatic carbocycles. The molecule has 2 heterocycles. The Kier molecular flexibility index (Phi) is 6.30. The van der Waals surface area contributed by atoms with Gasteiger partial charge in [0, 0.05) is 22.4 Å². The van der Waals surface area contributed by atoms with Gasteiger partial charge in [0.15, 0.2) is 0 Å². The van der Waals surface area contributed by atoms with Gasteiger partial charge in [0.2, 0.25) is 10.0 Å². The van der Waals surface area contributed by atoms with Crippen LogP contribution in [0.25, 0.3) is 11.1 Å². The van der Waals surface area contributed by atoms with Crippen LogP contribution in [0.3, 0.4) is 0 Å². The number of ether oxygens (including phenoxy) is 1. The van der Waals surface area contributed by atoms with E-state index >= 15 is 0 Å². The van der Waals surface area contributed by atoms with E-state index in [2.05, 4.69) is 9.71 Å². The molecule has 1 aromatic heterocycles. The van der Waals surface area contributed by atoms with E-state index < -0.39 is 26.8 Å². The van der Waals surface area contributed by atoms with Crippen LogP contribution < -0.4 is 9.46 Å². The average molecular weight is 487 g/mol. The Labute approximate surface area is 197 Å². The van der Waals surface area contributed by atoms with E-state index in [1.165, 1.54) is 32.1 Å². The molecule has 174 valence electrons. The quantitative estimate of drug-likeness (QED) is 0.566. The lowest BCUT2D eigenvalue weighted by Gasteiger charge is -2.30. The maximum absolute atomic E-state index is 12.9. The summed E-state index contributed by atoms with van der Waals surface area (Å²) in [6.45, 7) is 4.94. The number of thiazole rings is 1. The predicted octanol–water partition coefficient (Wildman–Crippen LogP) is 3.95. The summed E-state index contributed by atoms with van der Waals surface area (Å²) >= 11 is 1.52. The summed E-state index contributed by atoms with van der Waals surface area (Å²) in [5, 5.41) is 12.9.